The molecule has 10 nitrogen and oxygen atoms in total. The second-order valence-corrected chi connectivity index (χ2v) is 9.94. The molecule has 196 valence electrons. The number of aromatic nitrogens is 2. The van der Waals surface area contributed by atoms with Gasteiger partial charge in [0.15, 0.2) is 5.82 Å². The zero-order chi connectivity index (χ0) is 26.9. The molecule has 1 fully saturated rings. The zero-order valence-corrected chi connectivity index (χ0v) is 21.5. The summed E-state index contributed by atoms with van der Waals surface area (Å²) in [6.07, 6.45) is 2.86. The lowest BCUT2D eigenvalue weighted by Crippen LogP contribution is -2.46. The molecule has 1 aromatic heterocycles. The van der Waals surface area contributed by atoms with Crippen LogP contribution in [0.1, 0.15) is 46.1 Å². The van der Waals surface area contributed by atoms with Crippen molar-refractivity contribution in [2.24, 2.45) is 0 Å². The predicted octanol–water partition coefficient (Wildman–Crippen LogP) is 3.60. The van der Waals surface area contributed by atoms with Crippen molar-refractivity contribution in [1.29, 1.82) is 0 Å². The number of carbonyl (C=O) groups is 3. The van der Waals surface area contributed by atoms with Crippen LogP contribution in [-0.4, -0.2) is 58.5 Å². The van der Waals surface area contributed by atoms with Crippen LogP contribution in [0.25, 0.3) is 0 Å². The molecule has 0 bridgehead atoms. The number of nitrogens with one attached hydrogen (secondary N) is 4. The number of rotatable bonds is 8. The Bertz CT molecular complexity index is 1360. The zero-order valence-electron chi connectivity index (χ0n) is 21.5. The van der Waals surface area contributed by atoms with Gasteiger partial charge in [0.25, 0.3) is 5.91 Å². The standard InChI is InChI=1S/C28H31N7O3/c1-4-23(36)29-20-12-10-19(11-13-20)26(37)31-25-21-16-35(28(14-15-28)24(21)32-33-25)27(38)30-22(17-34(2)3)18-8-6-5-7-9-18/h4-13,22H,1,14-17H2,2-3H3,(H,29,36)(H,30,38)(H2,31,32,33,37). The first-order valence-corrected chi connectivity index (χ1v) is 12.5. The highest BCUT2D eigenvalue weighted by molar-refractivity contribution is 6.05. The summed E-state index contributed by atoms with van der Waals surface area (Å²) in [6, 6.07) is 16.2. The van der Waals surface area contributed by atoms with Gasteiger partial charge in [-0.1, -0.05) is 36.9 Å². The lowest BCUT2D eigenvalue weighted by molar-refractivity contribution is -0.111. The van der Waals surface area contributed by atoms with Crippen molar-refractivity contribution in [1.82, 2.24) is 25.3 Å². The van der Waals surface area contributed by atoms with E-state index in [0.29, 0.717) is 30.2 Å². The van der Waals surface area contributed by atoms with Crippen LogP contribution in [-0.2, 0) is 16.9 Å². The molecule has 0 radical (unpaired) electrons. The van der Waals surface area contributed by atoms with Gasteiger partial charge in [-0.25, -0.2) is 4.79 Å². The predicted molar refractivity (Wildman–Crippen MR) is 145 cm³/mol. The van der Waals surface area contributed by atoms with Crippen LogP contribution in [0.4, 0.5) is 16.3 Å². The Labute approximate surface area is 221 Å². The highest BCUT2D eigenvalue weighted by atomic mass is 16.2. The molecule has 1 atom stereocenters. The number of likely N-dealkylation sites (N-methyl/N-ethyl adjacent to an activating group) is 1. The molecule has 2 aliphatic rings. The molecule has 38 heavy (non-hydrogen) atoms. The van der Waals surface area contributed by atoms with Gasteiger partial charge in [0.1, 0.15) is 0 Å². The van der Waals surface area contributed by atoms with Gasteiger partial charge in [0, 0.05) is 23.4 Å². The molecule has 1 spiro atoms. The van der Waals surface area contributed by atoms with Gasteiger partial charge in [-0.3, -0.25) is 14.7 Å². The van der Waals surface area contributed by atoms with Crippen molar-refractivity contribution in [3.05, 3.63) is 89.6 Å². The maximum Gasteiger partial charge on any atom is 0.319 e. The molecule has 2 aromatic carbocycles. The fourth-order valence-corrected chi connectivity index (χ4v) is 4.95. The number of anilines is 2. The number of fused-ring (bicyclic) bond motifs is 2. The monoisotopic (exact) mass is 513 g/mol. The quantitative estimate of drug-likeness (QED) is 0.343. The molecule has 10 heteroatoms. The van der Waals surface area contributed by atoms with Crippen LogP contribution >= 0.6 is 0 Å². The topological polar surface area (TPSA) is 122 Å². The first kappa shape index (κ1) is 25.2. The van der Waals surface area contributed by atoms with Gasteiger partial charge >= 0.3 is 6.03 Å². The van der Waals surface area contributed by atoms with Crippen LogP contribution in [0, 0.1) is 0 Å². The van der Waals surface area contributed by atoms with E-state index in [0.717, 1.165) is 29.7 Å². The van der Waals surface area contributed by atoms with E-state index in [4.69, 9.17) is 0 Å². The van der Waals surface area contributed by atoms with E-state index in [1.165, 1.54) is 6.08 Å². The van der Waals surface area contributed by atoms with Gasteiger partial charge < -0.3 is 25.8 Å². The van der Waals surface area contributed by atoms with Gasteiger partial charge in [0.2, 0.25) is 5.91 Å². The number of nitrogens with zero attached hydrogens (tertiary/aromatic N) is 3. The van der Waals surface area contributed by atoms with Gasteiger partial charge in [0.05, 0.1) is 23.8 Å². The third-order valence-electron chi connectivity index (χ3n) is 7.01. The van der Waals surface area contributed by atoms with E-state index in [1.54, 1.807) is 24.3 Å². The number of hydrogen-bond acceptors (Lipinski definition) is 5. The van der Waals surface area contributed by atoms with Crippen molar-refractivity contribution >= 4 is 29.4 Å². The van der Waals surface area contributed by atoms with E-state index in [2.05, 4.69) is 37.6 Å². The first-order valence-electron chi connectivity index (χ1n) is 12.5. The summed E-state index contributed by atoms with van der Waals surface area (Å²) < 4.78 is 0. The fraction of sp³-hybridized carbons (Fsp3) is 0.286. The average molecular weight is 514 g/mol. The summed E-state index contributed by atoms with van der Waals surface area (Å²) in [5.74, 6) is -0.235. The Morgan fingerprint density at radius 1 is 1.11 bits per heavy atom. The molecule has 1 saturated carbocycles. The molecule has 1 unspecified atom stereocenters. The molecule has 1 aliphatic heterocycles. The van der Waals surface area contributed by atoms with Crippen LogP contribution < -0.4 is 16.0 Å². The Kier molecular flexibility index (Phi) is 6.73. The number of aromatic amines is 1. The van der Waals surface area contributed by atoms with Crippen molar-refractivity contribution in [2.75, 3.05) is 31.3 Å². The van der Waals surface area contributed by atoms with E-state index in [-0.39, 0.29) is 23.9 Å². The van der Waals surface area contributed by atoms with Gasteiger partial charge in [-0.2, -0.15) is 5.10 Å². The van der Waals surface area contributed by atoms with Crippen LogP contribution in [0.15, 0.2) is 67.3 Å². The SMILES string of the molecule is C=CC(=O)Nc1ccc(C(=O)Nc2n[nH]c3c2CN(C(=O)NC(CN(C)C)c2ccccc2)C32CC2)cc1. The molecule has 5 rings (SSSR count). The lowest BCUT2D eigenvalue weighted by Gasteiger charge is -2.29. The third kappa shape index (κ3) is 4.90. The first-order chi connectivity index (χ1) is 18.3. The Hall–Kier alpha value is -4.44. The van der Waals surface area contributed by atoms with Crippen LogP contribution in [0.3, 0.4) is 0 Å². The van der Waals surface area contributed by atoms with Crippen molar-refractivity contribution in [3.8, 4) is 0 Å². The normalized spacial score (nSPS) is 15.6. The number of H-pyrrole nitrogens is 1. The van der Waals surface area contributed by atoms with E-state index in [1.807, 2.05) is 49.3 Å². The average Bonchev–Trinajstić information content (AvgIpc) is 3.51. The largest absolute Gasteiger partial charge is 0.330 e. The summed E-state index contributed by atoms with van der Waals surface area (Å²) in [5, 5.41) is 16.2. The smallest absolute Gasteiger partial charge is 0.319 e. The summed E-state index contributed by atoms with van der Waals surface area (Å²) in [5.41, 5.74) is 3.31. The second-order valence-electron chi connectivity index (χ2n) is 9.94. The molecule has 0 saturated heterocycles. The highest BCUT2D eigenvalue weighted by Gasteiger charge is 2.58. The van der Waals surface area contributed by atoms with Gasteiger partial charge in [-0.05, 0) is 62.8 Å². The van der Waals surface area contributed by atoms with E-state index >= 15 is 0 Å². The maximum atomic E-state index is 13.6. The maximum absolute atomic E-state index is 13.6. The molecule has 3 aromatic rings. The molecule has 4 N–H and O–H groups in total. The van der Waals surface area contributed by atoms with Crippen LogP contribution in [0.5, 0.6) is 0 Å². The molecule has 4 amide bonds. The Morgan fingerprint density at radius 2 is 1.82 bits per heavy atom. The van der Waals surface area contributed by atoms with Crippen molar-refractivity contribution < 1.29 is 14.4 Å². The fourth-order valence-electron chi connectivity index (χ4n) is 4.95. The lowest BCUT2D eigenvalue weighted by atomic mass is 10.1. The molecular weight excluding hydrogens is 482 g/mol. The van der Waals surface area contributed by atoms with E-state index in [9.17, 15) is 14.4 Å². The van der Waals surface area contributed by atoms with Crippen molar-refractivity contribution in [3.63, 3.8) is 0 Å². The number of urea groups is 1. The third-order valence-corrected chi connectivity index (χ3v) is 7.01. The molecule has 2 heterocycles. The minimum atomic E-state index is -0.417. The number of hydrogen-bond donors (Lipinski definition) is 4. The van der Waals surface area contributed by atoms with Crippen molar-refractivity contribution in [2.45, 2.75) is 31.0 Å². The van der Waals surface area contributed by atoms with E-state index < -0.39 is 5.54 Å². The Balaban J connectivity index is 1.29. The number of benzene rings is 2. The molecule has 1 aliphatic carbocycles. The minimum Gasteiger partial charge on any atom is -0.330 e. The Morgan fingerprint density at radius 3 is 2.45 bits per heavy atom. The van der Waals surface area contributed by atoms with Gasteiger partial charge in [-0.15, -0.1) is 0 Å². The summed E-state index contributed by atoms with van der Waals surface area (Å²) in [4.78, 5) is 41.9. The summed E-state index contributed by atoms with van der Waals surface area (Å²) in [7, 11) is 3.97. The summed E-state index contributed by atoms with van der Waals surface area (Å²) >= 11 is 0. The van der Waals surface area contributed by atoms with Crippen LogP contribution in [0.2, 0.25) is 0 Å². The summed E-state index contributed by atoms with van der Waals surface area (Å²) in [6.45, 7) is 4.44. The minimum absolute atomic E-state index is 0.141. The molecular formula is C28H31N7O3. The number of amides is 4. The number of carbonyl (C=O) groups excluding carboxylic acids is 3. The highest BCUT2D eigenvalue weighted by Crippen LogP contribution is 2.57. The second kappa shape index (κ2) is 10.1.